The topological polar surface area (TPSA) is 123 Å². The Balaban J connectivity index is 0.00000287. The maximum absolute atomic E-state index is 13.4. The molecular formula is C30H45N7O2S2. The van der Waals surface area contributed by atoms with Gasteiger partial charge in [0.25, 0.3) is 5.91 Å². The molecule has 3 rings (SSSR count). The minimum atomic E-state index is -0.277. The number of aryl methyl sites for hydroxylation is 1. The van der Waals surface area contributed by atoms with E-state index in [1.807, 2.05) is 69.3 Å². The maximum atomic E-state index is 13.4. The van der Waals surface area contributed by atoms with Gasteiger partial charge in [-0.05, 0) is 54.0 Å². The number of nitrogens with zero attached hydrogens (tertiary/aromatic N) is 3. The average Bonchev–Trinajstić information content (AvgIpc) is 3.27. The molecule has 0 spiro atoms. The fourth-order valence-corrected chi connectivity index (χ4v) is 4.99. The predicted molar refractivity (Wildman–Crippen MR) is 177 cm³/mol. The lowest BCUT2D eigenvalue weighted by atomic mass is 9.86. The normalized spacial score (nSPS) is 11.4. The van der Waals surface area contributed by atoms with Crippen molar-refractivity contribution in [2.45, 2.75) is 58.5 Å². The van der Waals surface area contributed by atoms with Gasteiger partial charge < -0.3 is 25.1 Å². The molecule has 3 aromatic rings. The third kappa shape index (κ3) is 8.61. The third-order valence-corrected chi connectivity index (χ3v) is 7.45. The van der Waals surface area contributed by atoms with Crippen molar-refractivity contribution in [3.63, 3.8) is 0 Å². The van der Waals surface area contributed by atoms with Gasteiger partial charge in [0.15, 0.2) is 10.9 Å². The van der Waals surface area contributed by atoms with Crippen LogP contribution in [-0.2, 0) is 18.9 Å². The average molecular weight is 600 g/mol. The van der Waals surface area contributed by atoms with E-state index in [2.05, 4.69) is 35.8 Å². The Morgan fingerprint density at radius 3 is 2.39 bits per heavy atom. The van der Waals surface area contributed by atoms with Crippen molar-refractivity contribution in [3.8, 4) is 5.75 Å². The number of benzene rings is 2. The highest BCUT2D eigenvalue weighted by Gasteiger charge is 2.21. The third-order valence-electron chi connectivity index (χ3n) is 6.28. The van der Waals surface area contributed by atoms with Crippen LogP contribution in [0.3, 0.4) is 0 Å². The SMILES string of the molecule is CC.COc1c(NSC)cc(C(C)(C)C)cc1NC(=O)c1ccc(C)c(N(N)/C=C(\N)Cc2cnc(SC)n2C)c1. The molecule has 0 aliphatic heterocycles. The molecule has 2 aromatic carbocycles. The summed E-state index contributed by atoms with van der Waals surface area (Å²) in [4.78, 5) is 17.8. The Hall–Kier alpha value is -3.28. The fraction of sp³-hybridized carbons (Fsp3) is 0.400. The number of anilines is 3. The van der Waals surface area contributed by atoms with E-state index in [1.165, 1.54) is 17.0 Å². The van der Waals surface area contributed by atoms with E-state index in [0.29, 0.717) is 34.8 Å². The summed E-state index contributed by atoms with van der Waals surface area (Å²) in [6, 6.07) is 9.40. The number of ether oxygens (including phenoxy) is 1. The zero-order valence-electron chi connectivity index (χ0n) is 25.9. The van der Waals surface area contributed by atoms with Gasteiger partial charge >= 0.3 is 0 Å². The van der Waals surface area contributed by atoms with E-state index < -0.39 is 0 Å². The van der Waals surface area contributed by atoms with E-state index in [0.717, 1.165) is 27.7 Å². The Labute approximate surface area is 253 Å². The second-order valence-corrected chi connectivity index (χ2v) is 11.6. The number of rotatable bonds is 10. The monoisotopic (exact) mass is 599 g/mol. The zero-order chi connectivity index (χ0) is 30.9. The van der Waals surface area contributed by atoms with Crippen molar-refractivity contribution in [1.82, 2.24) is 9.55 Å². The molecule has 224 valence electrons. The number of aromatic nitrogens is 2. The molecule has 0 bridgehead atoms. The maximum Gasteiger partial charge on any atom is 0.255 e. The van der Waals surface area contributed by atoms with Gasteiger partial charge in [-0.2, -0.15) is 0 Å². The number of amides is 1. The number of carbonyl (C=O) groups excluding carboxylic acids is 1. The van der Waals surface area contributed by atoms with E-state index in [9.17, 15) is 4.79 Å². The van der Waals surface area contributed by atoms with Crippen LogP contribution in [-0.4, -0.2) is 35.1 Å². The molecular weight excluding hydrogens is 555 g/mol. The Bertz CT molecular complexity index is 1360. The molecule has 0 aliphatic rings. The van der Waals surface area contributed by atoms with Gasteiger partial charge in [0, 0.05) is 49.1 Å². The van der Waals surface area contributed by atoms with E-state index in [1.54, 1.807) is 37.2 Å². The molecule has 0 saturated heterocycles. The van der Waals surface area contributed by atoms with Crippen molar-refractivity contribution in [2.75, 3.05) is 34.7 Å². The molecule has 6 N–H and O–H groups in total. The Morgan fingerprint density at radius 1 is 1.17 bits per heavy atom. The van der Waals surface area contributed by atoms with Crippen molar-refractivity contribution in [1.29, 1.82) is 0 Å². The minimum Gasteiger partial charge on any atom is -0.492 e. The highest BCUT2D eigenvalue weighted by atomic mass is 32.2. The summed E-state index contributed by atoms with van der Waals surface area (Å²) in [6.07, 6.45) is 7.90. The molecule has 1 heterocycles. The molecule has 1 amide bonds. The summed E-state index contributed by atoms with van der Waals surface area (Å²) in [5.74, 6) is 6.68. The molecule has 0 aliphatic carbocycles. The highest BCUT2D eigenvalue weighted by Crippen LogP contribution is 2.39. The van der Waals surface area contributed by atoms with Gasteiger partial charge in [0.1, 0.15) is 0 Å². The first kappa shape index (κ1) is 33.9. The van der Waals surface area contributed by atoms with Gasteiger partial charge in [0.2, 0.25) is 0 Å². The van der Waals surface area contributed by atoms with Crippen molar-refractivity contribution < 1.29 is 9.53 Å². The van der Waals surface area contributed by atoms with Crippen LogP contribution >= 0.6 is 23.7 Å². The Morgan fingerprint density at radius 2 is 1.83 bits per heavy atom. The number of hydrogen-bond acceptors (Lipinski definition) is 9. The van der Waals surface area contributed by atoms with Gasteiger partial charge in [-0.3, -0.25) is 9.80 Å². The molecule has 1 aromatic heterocycles. The summed E-state index contributed by atoms with van der Waals surface area (Å²) >= 11 is 3.03. The summed E-state index contributed by atoms with van der Waals surface area (Å²) < 4.78 is 10.9. The quantitative estimate of drug-likeness (QED) is 0.0901. The van der Waals surface area contributed by atoms with Crippen LogP contribution in [0.4, 0.5) is 17.1 Å². The molecule has 0 atom stereocenters. The first-order valence-electron chi connectivity index (χ1n) is 13.4. The number of hydrogen-bond donors (Lipinski definition) is 4. The largest absolute Gasteiger partial charge is 0.492 e. The second-order valence-electron chi connectivity index (χ2n) is 10.2. The predicted octanol–water partition coefficient (Wildman–Crippen LogP) is 6.45. The number of carbonyl (C=O) groups is 1. The minimum absolute atomic E-state index is 0.129. The number of nitrogens with one attached hydrogen (secondary N) is 2. The lowest BCUT2D eigenvalue weighted by Crippen LogP contribution is -2.27. The smallest absolute Gasteiger partial charge is 0.255 e. The number of thioether (sulfide) groups is 1. The van der Waals surface area contributed by atoms with Crippen molar-refractivity contribution in [2.24, 2.45) is 18.6 Å². The summed E-state index contributed by atoms with van der Waals surface area (Å²) in [5.41, 5.74) is 12.2. The van der Waals surface area contributed by atoms with E-state index >= 15 is 0 Å². The van der Waals surface area contributed by atoms with Crippen LogP contribution in [0.25, 0.3) is 0 Å². The van der Waals surface area contributed by atoms with Crippen LogP contribution in [0, 0.1) is 6.92 Å². The van der Waals surface area contributed by atoms with Crippen molar-refractivity contribution >= 4 is 46.7 Å². The van der Waals surface area contributed by atoms with Crippen molar-refractivity contribution in [3.05, 3.63) is 70.8 Å². The van der Waals surface area contributed by atoms with Crippen LogP contribution < -0.4 is 31.4 Å². The van der Waals surface area contributed by atoms with Crippen LogP contribution in [0.2, 0.25) is 0 Å². The number of allylic oxidation sites excluding steroid dienone is 1. The van der Waals surface area contributed by atoms with Gasteiger partial charge in [0.05, 0.1) is 24.2 Å². The van der Waals surface area contributed by atoms with Gasteiger partial charge in [-0.15, -0.1) is 0 Å². The van der Waals surface area contributed by atoms with E-state index in [4.69, 9.17) is 16.3 Å². The lowest BCUT2D eigenvalue weighted by Gasteiger charge is -2.24. The second kappa shape index (κ2) is 15.1. The Kier molecular flexibility index (Phi) is 12.5. The first-order valence-corrected chi connectivity index (χ1v) is 15.8. The molecule has 9 nitrogen and oxygen atoms in total. The highest BCUT2D eigenvalue weighted by molar-refractivity contribution is 7.99. The first-order chi connectivity index (χ1) is 19.4. The number of nitrogens with two attached hydrogens (primary N) is 2. The standard InChI is InChI=1S/C28H39N7O2S2.C2H6/c1-17-9-10-18(11-24(17)35(30)16-20(29)14-21-15-31-27(38-7)34(21)5)26(36)32-22-12-19(28(2,3)4)13-23(33-39-8)25(22)37-6;1-2/h9-13,15-16,33H,14,29-30H2,1-8H3,(H,32,36);1-2H3/b20-16-;. The van der Waals surface area contributed by atoms with Gasteiger partial charge in [-0.25, -0.2) is 10.8 Å². The number of imidazole rings is 1. The molecule has 0 saturated carbocycles. The van der Waals surface area contributed by atoms with Gasteiger partial charge in [-0.1, -0.05) is 64.4 Å². The number of methoxy groups -OCH3 is 1. The van der Waals surface area contributed by atoms with Crippen LogP contribution in [0.5, 0.6) is 5.75 Å². The molecule has 11 heteroatoms. The van der Waals surface area contributed by atoms with Crippen LogP contribution in [0.15, 0.2) is 53.6 Å². The number of hydrazine groups is 1. The summed E-state index contributed by atoms with van der Waals surface area (Å²) in [5, 5.41) is 5.41. The summed E-state index contributed by atoms with van der Waals surface area (Å²) in [7, 11) is 3.55. The molecule has 0 radical (unpaired) electrons. The zero-order valence-corrected chi connectivity index (χ0v) is 27.5. The van der Waals surface area contributed by atoms with Crippen LogP contribution in [0.1, 0.15) is 61.8 Å². The molecule has 0 unspecified atom stereocenters. The molecule has 0 fully saturated rings. The lowest BCUT2D eigenvalue weighted by molar-refractivity contribution is 0.102. The fourth-order valence-electron chi connectivity index (χ4n) is 4.07. The summed E-state index contributed by atoms with van der Waals surface area (Å²) in [6.45, 7) is 12.3. The molecule has 41 heavy (non-hydrogen) atoms. The van der Waals surface area contributed by atoms with E-state index in [-0.39, 0.29) is 11.3 Å².